The molecule has 0 saturated heterocycles. The standard InChI is InChI=1S/C13H17BrN2O2/c14-11-3-1-2-4-12(11)16-13(18)8-15-7-9-5-10(17)6-9/h1-4,9-10,15,17H,5-8H2,(H,16,18). The molecule has 1 aliphatic rings. The van der Waals surface area contributed by atoms with Gasteiger partial charge in [-0.05, 0) is 53.4 Å². The van der Waals surface area contributed by atoms with Gasteiger partial charge in [0.2, 0.25) is 5.91 Å². The van der Waals surface area contributed by atoms with Gasteiger partial charge in [-0.2, -0.15) is 0 Å². The van der Waals surface area contributed by atoms with Crippen LogP contribution in [0.25, 0.3) is 0 Å². The Bertz CT molecular complexity index is 419. The van der Waals surface area contributed by atoms with Crippen LogP contribution >= 0.6 is 15.9 Å². The predicted octanol–water partition coefficient (Wildman–Crippen LogP) is 1.75. The number of hydrogen-bond acceptors (Lipinski definition) is 3. The van der Waals surface area contributed by atoms with Gasteiger partial charge in [-0.3, -0.25) is 4.79 Å². The van der Waals surface area contributed by atoms with Gasteiger partial charge >= 0.3 is 0 Å². The number of carbonyl (C=O) groups excluding carboxylic acids is 1. The average Bonchev–Trinajstić information content (AvgIpc) is 2.30. The molecule has 0 unspecified atom stereocenters. The van der Waals surface area contributed by atoms with Gasteiger partial charge in [-0.25, -0.2) is 0 Å². The fourth-order valence-electron chi connectivity index (χ4n) is 2.01. The van der Waals surface area contributed by atoms with E-state index in [4.69, 9.17) is 5.11 Å². The van der Waals surface area contributed by atoms with E-state index in [9.17, 15) is 4.79 Å². The Morgan fingerprint density at radius 1 is 1.39 bits per heavy atom. The number of para-hydroxylation sites is 1. The Hall–Kier alpha value is -0.910. The van der Waals surface area contributed by atoms with Crippen molar-refractivity contribution in [2.75, 3.05) is 18.4 Å². The Morgan fingerprint density at radius 2 is 2.11 bits per heavy atom. The number of aliphatic hydroxyl groups is 1. The third-order valence-corrected chi connectivity index (χ3v) is 3.77. The number of halogens is 1. The quantitative estimate of drug-likeness (QED) is 0.776. The zero-order valence-electron chi connectivity index (χ0n) is 10.0. The fourth-order valence-corrected chi connectivity index (χ4v) is 2.40. The Morgan fingerprint density at radius 3 is 2.78 bits per heavy atom. The summed E-state index contributed by atoms with van der Waals surface area (Å²) in [5.74, 6) is 0.457. The summed E-state index contributed by atoms with van der Waals surface area (Å²) >= 11 is 3.38. The number of anilines is 1. The van der Waals surface area contributed by atoms with Crippen LogP contribution < -0.4 is 10.6 Å². The van der Waals surface area contributed by atoms with Crippen molar-refractivity contribution < 1.29 is 9.90 Å². The zero-order valence-corrected chi connectivity index (χ0v) is 11.6. The van der Waals surface area contributed by atoms with Crippen LogP contribution in [0.2, 0.25) is 0 Å². The molecule has 1 aromatic carbocycles. The molecule has 2 rings (SSSR count). The highest BCUT2D eigenvalue weighted by molar-refractivity contribution is 9.10. The molecule has 1 amide bonds. The maximum Gasteiger partial charge on any atom is 0.238 e. The second kappa shape index (κ2) is 6.31. The fraction of sp³-hybridized carbons (Fsp3) is 0.462. The Balaban J connectivity index is 1.68. The van der Waals surface area contributed by atoms with E-state index in [1.807, 2.05) is 24.3 Å². The molecule has 1 saturated carbocycles. The number of hydrogen-bond donors (Lipinski definition) is 3. The molecule has 1 aromatic rings. The Kier molecular flexibility index (Phi) is 4.74. The number of rotatable bonds is 5. The highest BCUT2D eigenvalue weighted by atomic mass is 79.9. The van der Waals surface area contributed by atoms with Gasteiger partial charge in [0, 0.05) is 4.47 Å². The van der Waals surface area contributed by atoms with Gasteiger partial charge in [0.1, 0.15) is 0 Å². The SMILES string of the molecule is O=C(CNCC1CC(O)C1)Nc1ccccc1Br. The van der Waals surface area contributed by atoms with Crippen molar-refractivity contribution in [1.29, 1.82) is 0 Å². The van der Waals surface area contributed by atoms with E-state index >= 15 is 0 Å². The summed E-state index contributed by atoms with van der Waals surface area (Å²) in [5.41, 5.74) is 0.781. The van der Waals surface area contributed by atoms with Crippen LogP contribution in [-0.4, -0.2) is 30.2 Å². The molecule has 0 atom stereocenters. The van der Waals surface area contributed by atoms with Crippen LogP contribution in [0.5, 0.6) is 0 Å². The lowest BCUT2D eigenvalue weighted by molar-refractivity contribution is -0.115. The molecule has 0 aliphatic heterocycles. The first-order chi connectivity index (χ1) is 8.65. The summed E-state index contributed by atoms with van der Waals surface area (Å²) in [6, 6.07) is 7.52. The molecule has 0 spiro atoms. The van der Waals surface area contributed by atoms with Crippen molar-refractivity contribution >= 4 is 27.5 Å². The molecule has 3 N–H and O–H groups in total. The van der Waals surface area contributed by atoms with E-state index in [1.165, 1.54) is 0 Å². The minimum atomic E-state index is -0.133. The smallest absolute Gasteiger partial charge is 0.238 e. The monoisotopic (exact) mass is 312 g/mol. The molecule has 1 aliphatic carbocycles. The largest absolute Gasteiger partial charge is 0.393 e. The average molecular weight is 313 g/mol. The Labute approximate surface area is 115 Å². The van der Waals surface area contributed by atoms with Gasteiger partial charge < -0.3 is 15.7 Å². The second-order valence-corrected chi connectivity index (χ2v) is 5.50. The first kappa shape index (κ1) is 13.5. The summed E-state index contributed by atoms with van der Waals surface area (Å²) < 4.78 is 0.875. The highest BCUT2D eigenvalue weighted by Gasteiger charge is 2.26. The number of nitrogens with one attached hydrogen (secondary N) is 2. The first-order valence-corrected chi connectivity index (χ1v) is 6.87. The van der Waals surface area contributed by atoms with E-state index < -0.39 is 0 Å². The number of benzene rings is 1. The van der Waals surface area contributed by atoms with Crippen LogP contribution in [0.1, 0.15) is 12.8 Å². The minimum absolute atomic E-state index is 0.0539. The molecule has 98 valence electrons. The van der Waals surface area contributed by atoms with Crippen LogP contribution in [0.4, 0.5) is 5.69 Å². The molecule has 0 radical (unpaired) electrons. The lowest BCUT2D eigenvalue weighted by Crippen LogP contribution is -2.38. The summed E-state index contributed by atoms with van der Waals surface area (Å²) in [6.45, 7) is 1.09. The second-order valence-electron chi connectivity index (χ2n) is 4.65. The first-order valence-electron chi connectivity index (χ1n) is 6.08. The molecule has 1 fully saturated rings. The third-order valence-electron chi connectivity index (χ3n) is 3.08. The van der Waals surface area contributed by atoms with E-state index in [0.29, 0.717) is 12.5 Å². The van der Waals surface area contributed by atoms with Crippen molar-refractivity contribution in [2.24, 2.45) is 5.92 Å². The normalized spacial score (nSPS) is 22.3. The van der Waals surface area contributed by atoms with Crippen molar-refractivity contribution in [3.05, 3.63) is 28.7 Å². The summed E-state index contributed by atoms with van der Waals surface area (Å²) in [4.78, 5) is 11.7. The number of aliphatic hydroxyl groups excluding tert-OH is 1. The van der Waals surface area contributed by atoms with Gasteiger partial charge in [0.25, 0.3) is 0 Å². The lowest BCUT2D eigenvalue weighted by Gasteiger charge is -2.31. The summed E-state index contributed by atoms with van der Waals surface area (Å²) in [6.07, 6.45) is 1.56. The molecule has 0 bridgehead atoms. The maximum atomic E-state index is 11.7. The predicted molar refractivity (Wildman–Crippen MR) is 74.4 cm³/mol. The van der Waals surface area contributed by atoms with Gasteiger partial charge in [0.15, 0.2) is 0 Å². The van der Waals surface area contributed by atoms with Gasteiger partial charge in [-0.1, -0.05) is 12.1 Å². The molecular formula is C13H17BrN2O2. The summed E-state index contributed by atoms with van der Waals surface area (Å²) in [7, 11) is 0. The van der Waals surface area contributed by atoms with Crippen molar-refractivity contribution in [2.45, 2.75) is 18.9 Å². The van der Waals surface area contributed by atoms with E-state index in [-0.39, 0.29) is 12.0 Å². The topological polar surface area (TPSA) is 61.4 Å². The number of carbonyl (C=O) groups is 1. The van der Waals surface area contributed by atoms with Crippen LogP contribution in [-0.2, 0) is 4.79 Å². The van der Waals surface area contributed by atoms with Crippen LogP contribution in [0.15, 0.2) is 28.7 Å². The molecular weight excluding hydrogens is 296 g/mol. The molecule has 0 heterocycles. The summed E-state index contributed by atoms with van der Waals surface area (Å²) in [5, 5.41) is 15.1. The van der Waals surface area contributed by atoms with E-state index in [0.717, 1.165) is 29.5 Å². The van der Waals surface area contributed by atoms with E-state index in [2.05, 4.69) is 26.6 Å². The lowest BCUT2D eigenvalue weighted by atomic mass is 9.82. The highest BCUT2D eigenvalue weighted by Crippen LogP contribution is 2.26. The maximum absolute atomic E-state index is 11.7. The van der Waals surface area contributed by atoms with E-state index in [1.54, 1.807) is 0 Å². The van der Waals surface area contributed by atoms with Gasteiger partial charge in [-0.15, -0.1) is 0 Å². The van der Waals surface area contributed by atoms with Gasteiger partial charge in [0.05, 0.1) is 18.3 Å². The molecule has 4 nitrogen and oxygen atoms in total. The third kappa shape index (κ3) is 3.80. The van der Waals surface area contributed by atoms with Crippen molar-refractivity contribution in [3.8, 4) is 0 Å². The molecule has 18 heavy (non-hydrogen) atoms. The number of amides is 1. The molecule has 0 aromatic heterocycles. The minimum Gasteiger partial charge on any atom is -0.393 e. The van der Waals surface area contributed by atoms with Crippen LogP contribution in [0.3, 0.4) is 0 Å². The van der Waals surface area contributed by atoms with Crippen molar-refractivity contribution in [3.63, 3.8) is 0 Å². The molecule has 5 heteroatoms. The van der Waals surface area contributed by atoms with Crippen molar-refractivity contribution in [1.82, 2.24) is 5.32 Å². The zero-order chi connectivity index (χ0) is 13.0. The van der Waals surface area contributed by atoms with Crippen LogP contribution in [0, 0.1) is 5.92 Å².